The second-order valence-electron chi connectivity index (χ2n) is 7.45. The first-order valence-corrected chi connectivity index (χ1v) is 10.3. The lowest BCUT2D eigenvalue weighted by Gasteiger charge is -2.16. The highest BCUT2D eigenvalue weighted by Gasteiger charge is 2.18. The number of nitrogens with zero attached hydrogens (tertiary/aromatic N) is 2. The third-order valence-electron chi connectivity index (χ3n) is 4.99. The van der Waals surface area contributed by atoms with Gasteiger partial charge in [-0.15, -0.1) is 0 Å². The number of hydrazone groups is 1. The zero-order valence-electron chi connectivity index (χ0n) is 18.9. The van der Waals surface area contributed by atoms with Gasteiger partial charge in [-0.1, -0.05) is 6.07 Å². The molecule has 0 aliphatic carbocycles. The summed E-state index contributed by atoms with van der Waals surface area (Å²) >= 11 is 0. The van der Waals surface area contributed by atoms with E-state index in [0.29, 0.717) is 11.3 Å². The number of phenols is 3. The summed E-state index contributed by atoms with van der Waals surface area (Å²) in [6.07, 6.45) is 1.30. The molecule has 0 radical (unpaired) electrons. The second kappa shape index (κ2) is 10.4. The van der Waals surface area contributed by atoms with E-state index in [1.54, 1.807) is 12.1 Å². The summed E-state index contributed by atoms with van der Waals surface area (Å²) < 4.78 is 11.7. The molecule has 0 saturated heterocycles. The predicted molar refractivity (Wildman–Crippen MR) is 123 cm³/mol. The van der Waals surface area contributed by atoms with E-state index in [-0.39, 0.29) is 12.1 Å². The molecular formula is C24H25N3O7. The molecule has 2 aromatic carbocycles. The molecule has 4 N–H and O–H groups in total. The van der Waals surface area contributed by atoms with E-state index >= 15 is 0 Å². The van der Waals surface area contributed by atoms with Gasteiger partial charge in [-0.2, -0.15) is 5.10 Å². The number of aryl methyl sites for hydroxylation is 2. The molecule has 0 aliphatic heterocycles. The minimum absolute atomic E-state index is 0.216. The van der Waals surface area contributed by atoms with Crippen molar-refractivity contribution in [1.29, 1.82) is 0 Å². The van der Waals surface area contributed by atoms with Crippen LogP contribution >= 0.6 is 0 Å². The number of hydrogen-bond donors (Lipinski definition) is 4. The fourth-order valence-corrected chi connectivity index (χ4v) is 3.28. The van der Waals surface area contributed by atoms with Crippen LogP contribution in [0.2, 0.25) is 0 Å². The fraction of sp³-hybridized carbons (Fsp3) is 0.208. The Labute approximate surface area is 195 Å². The van der Waals surface area contributed by atoms with Gasteiger partial charge in [0.2, 0.25) is 12.5 Å². The molecule has 0 spiro atoms. The summed E-state index contributed by atoms with van der Waals surface area (Å²) in [7, 11) is 0. The number of ether oxygens (including phenoxy) is 2. The molecule has 0 amide bonds. The Morgan fingerprint density at radius 1 is 1.00 bits per heavy atom. The first kappa shape index (κ1) is 24.2. The van der Waals surface area contributed by atoms with Crippen LogP contribution in [0.5, 0.6) is 17.2 Å². The quantitative estimate of drug-likeness (QED) is 0.130. The molecule has 3 rings (SSSR count). The van der Waals surface area contributed by atoms with Crippen molar-refractivity contribution in [2.24, 2.45) is 5.10 Å². The number of rotatable bonds is 8. The third kappa shape index (κ3) is 5.47. The van der Waals surface area contributed by atoms with E-state index in [1.807, 2.05) is 36.6 Å². The van der Waals surface area contributed by atoms with Crippen LogP contribution in [0.3, 0.4) is 0 Å². The Morgan fingerprint density at radius 2 is 1.71 bits per heavy atom. The molecule has 0 fully saturated rings. The van der Waals surface area contributed by atoms with Gasteiger partial charge < -0.3 is 34.8 Å². The van der Waals surface area contributed by atoms with E-state index in [0.717, 1.165) is 17.0 Å². The second-order valence-corrected chi connectivity index (χ2v) is 7.45. The van der Waals surface area contributed by atoms with Crippen LogP contribution in [0.15, 0.2) is 47.6 Å². The number of phenolic OH excluding ortho intramolecular Hbond substituents is 3. The van der Waals surface area contributed by atoms with Crippen molar-refractivity contribution < 1.29 is 34.4 Å². The van der Waals surface area contributed by atoms with Crippen molar-refractivity contribution in [3.8, 4) is 22.9 Å². The topological polar surface area (TPSA) is 143 Å². The number of nitrogens with one attached hydrogen (secondary N) is 1. The van der Waals surface area contributed by atoms with Gasteiger partial charge in [0.05, 0.1) is 24.0 Å². The van der Waals surface area contributed by atoms with Crippen LogP contribution in [-0.4, -0.2) is 44.8 Å². The minimum Gasteiger partial charge on any atom is -0.504 e. The van der Waals surface area contributed by atoms with Crippen LogP contribution in [-0.2, 0) is 20.8 Å². The molecule has 1 heterocycles. The highest BCUT2D eigenvalue weighted by Crippen LogP contribution is 2.36. The monoisotopic (exact) mass is 467 g/mol. The van der Waals surface area contributed by atoms with Crippen LogP contribution < -0.4 is 5.43 Å². The number of hydrogen-bond acceptors (Lipinski definition) is 9. The molecule has 34 heavy (non-hydrogen) atoms. The summed E-state index contributed by atoms with van der Waals surface area (Å²) in [5.41, 5.74) is 6.58. The number of aromatic hydroxyl groups is 3. The lowest BCUT2D eigenvalue weighted by molar-refractivity contribution is -0.149. The molecule has 3 aromatic rings. The van der Waals surface area contributed by atoms with E-state index < -0.39 is 36.0 Å². The van der Waals surface area contributed by atoms with Crippen molar-refractivity contribution in [2.75, 3.05) is 6.79 Å². The lowest BCUT2D eigenvalue weighted by Crippen LogP contribution is -2.15. The fourth-order valence-electron chi connectivity index (χ4n) is 3.28. The van der Waals surface area contributed by atoms with Gasteiger partial charge in [0.15, 0.2) is 11.5 Å². The zero-order valence-corrected chi connectivity index (χ0v) is 18.9. The molecule has 0 atom stereocenters. The molecule has 10 nitrogen and oxygen atoms in total. The summed E-state index contributed by atoms with van der Waals surface area (Å²) in [6.45, 7) is 4.86. The standard InChI is InChI=1S/C24H25N3O7/c1-14-4-5-15(2)27(14)20-10-17(6-8-19(20)24(32)34-13-33-16(3)28)11-25-26-12-18-7-9-21(29)23(31)22(18)30/h4-10,12,25,29-31H,11,13H2,1-3H3/b26-12+. The van der Waals surface area contributed by atoms with Gasteiger partial charge in [-0.25, -0.2) is 4.79 Å². The van der Waals surface area contributed by atoms with E-state index in [9.17, 15) is 24.9 Å². The Balaban J connectivity index is 1.81. The normalized spacial score (nSPS) is 10.9. The molecule has 0 aliphatic rings. The third-order valence-corrected chi connectivity index (χ3v) is 4.99. The number of benzene rings is 2. The van der Waals surface area contributed by atoms with Crippen LogP contribution in [0.25, 0.3) is 5.69 Å². The Kier molecular flexibility index (Phi) is 7.42. The van der Waals surface area contributed by atoms with Gasteiger partial charge >= 0.3 is 11.9 Å². The molecule has 1 aromatic heterocycles. The summed E-state index contributed by atoms with van der Waals surface area (Å²) in [5.74, 6) is -2.73. The highest BCUT2D eigenvalue weighted by atomic mass is 16.7. The SMILES string of the molecule is CC(=O)OCOC(=O)c1ccc(CN/N=C/c2ccc(O)c(O)c2O)cc1-n1c(C)ccc1C. The van der Waals surface area contributed by atoms with Crippen LogP contribution in [0, 0.1) is 13.8 Å². The lowest BCUT2D eigenvalue weighted by atomic mass is 10.1. The average molecular weight is 467 g/mol. The maximum absolute atomic E-state index is 12.6. The van der Waals surface area contributed by atoms with E-state index in [1.165, 1.54) is 25.3 Å². The van der Waals surface area contributed by atoms with E-state index in [2.05, 4.69) is 10.5 Å². The van der Waals surface area contributed by atoms with Crippen molar-refractivity contribution >= 4 is 18.2 Å². The van der Waals surface area contributed by atoms with Gasteiger partial charge in [-0.3, -0.25) is 4.79 Å². The first-order valence-electron chi connectivity index (χ1n) is 10.3. The number of carbonyl (C=O) groups excluding carboxylic acids is 2. The number of aromatic nitrogens is 1. The molecular weight excluding hydrogens is 442 g/mol. The summed E-state index contributed by atoms with van der Waals surface area (Å²) in [6, 6.07) is 11.7. The molecule has 0 bridgehead atoms. The smallest absolute Gasteiger partial charge is 0.343 e. The Bertz CT molecular complexity index is 1230. The minimum atomic E-state index is -0.635. The van der Waals surface area contributed by atoms with Crippen molar-refractivity contribution in [2.45, 2.75) is 27.3 Å². The maximum Gasteiger partial charge on any atom is 0.343 e. The first-order chi connectivity index (χ1) is 16.2. The largest absolute Gasteiger partial charge is 0.504 e. The van der Waals surface area contributed by atoms with Crippen LogP contribution in [0.1, 0.15) is 39.8 Å². The number of carbonyl (C=O) groups is 2. The van der Waals surface area contributed by atoms with Gasteiger partial charge in [-0.05, 0) is 55.8 Å². The van der Waals surface area contributed by atoms with Crippen molar-refractivity contribution in [3.63, 3.8) is 0 Å². The Morgan fingerprint density at radius 3 is 2.38 bits per heavy atom. The Hall–Kier alpha value is -4.47. The molecule has 178 valence electrons. The predicted octanol–water partition coefficient (Wildman–Crippen LogP) is 3.01. The maximum atomic E-state index is 12.6. The zero-order chi connectivity index (χ0) is 24.8. The number of esters is 2. The van der Waals surface area contributed by atoms with Gasteiger partial charge in [0.25, 0.3) is 0 Å². The molecule has 10 heteroatoms. The highest BCUT2D eigenvalue weighted by molar-refractivity contribution is 5.94. The summed E-state index contributed by atoms with van der Waals surface area (Å²) in [4.78, 5) is 23.6. The van der Waals surface area contributed by atoms with Crippen LogP contribution in [0.4, 0.5) is 0 Å². The van der Waals surface area contributed by atoms with E-state index in [4.69, 9.17) is 9.47 Å². The average Bonchev–Trinajstić information content (AvgIpc) is 3.13. The van der Waals surface area contributed by atoms with Gasteiger partial charge in [0.1, 0.15) is 0 Å². The van der Waals surface area contributed by atoms with Crippen molar-refractivity contribution in [1.82, 2.24) is 9.99 Å². The molecule has 0 saturated carbocycles. The summed E-state index contributed by atoms with van der Waals surface area (Å²) in [5, 5.41) is 32.9. The van der Waals surface area contributed by atoms with Crippen molar-refractivity contribution in [3.05, 3.63) is 70.5 Å². The molecule has 0 unspecified atom stereocenters. The van der Waals surface area contributed by atoms with Gasteiger partial charge in [0, 0.05) is 23.9 Å².